The molecule has 0 amide bonds. The number of aliphatic carboxylic acids is 1. The summed E-state index contributed by atoms with van der Waals surface area (Å²) in [7, 11) is 0. The van der Waals surface area contributed by atoms with Gasteiger partial charge in [-0.15, -0.1) is 0 Å². The minimum absolute atomic E-state index is 0.0502. The van der Waals surface area contributed by atoms with Crippen LogP contribution in [0.15, 0.2) is 0 Å². The van der Waals surface area contributed by atoms with E-state index in [-0.39, 0.29) is 38.7 Å². The second-order valence-electron chi connectivity index (χ2n) is 5.65. The summed E-state index contributed by atoms with van der Waals surface area (Å²) in [5.74, 6) is -3.08. The molecule has 144 valence electrons. The SMILES string of the molecule is CCN1CCN(CC(=O)[O][In])CCN(CC(=O)O)CC(=O)OOC(=O)C1. The molecule has 0 spiro atoms. The predicted octanol–water partition coefficient (Wildman–Crippen LogP) is -2.36. The Balaban J connectivity index is 2.87. The van der Waals surface area contributed by atoms with E-state index in [1.807, 2.05) is 6.92 Å². The van der Waals surface area contributed by atoms with Gasteiger partial charge in [0.25, 0.3) is 0 Å². The van der Waals surface area contributed by atoms with Crippen LogP contribution >= 0.6 is 0 Å². The molecule has 0 aliphatic carbocycles. The summed E-state index contributed by atoms with van der Waals surface area (Å²) in [4.78, 5) is 59.9. The Kier molecular flexibility index (Phi) is 10.5. The van der Waals surface area contributed by atoms with Gasteiger partial charge in [-0.3, -0.25) is 0 Å². The van der Waals surface area contributed by atoms with Crippen molar-refractivity contribution in [1.29, 1.82) is 0 Å². The summed E-state index contributed by atoms with van der Waals surface area (Å²) in [6, 6.07) is 0. The third-order valence-electron chi connectivity index (χ3n) is 3.69. The topological polar surface area (TPSA) is 126 Å². The molecule has 11 nitrogen and oxygen atoms in total. The van der Waals surface area contributed by atoms with Crippen LogP contribution < -0.4 is 0 Å². The first-order chi connectivity index (χ1) is 12.3. The van der Waals surface area contributed by atoms with Crippen LogP contribution in [0.4, 0.5) is 0 Å². The molecule has 0 aromatic rings. The number of rotatable bonds is 5. The molecule has 1 saturated heterocycles. The standard InChI is InChI=1S/C14H23N3O8.In/c1-2-15-3-4-16(7-11(18)19)5-6-17(8-12(20)21)10-14(23)25-24-13(22)9-15;/h2-10H2,1H3,(H,18,19)(H,20,21);/q;+1/p-1. The van der Waals surface area contributed by atoms with E-state index in [1.54, 1.807) is 9.80 Å². The Morgan fingerprint density at radius 2 is 1.50 bits per heavy atom. The van der Waals surface area contributed by atoms with Crippen LogP contribution in [0.25, 0.3) is 0 Å². The van der Waals surface area contributed by atoms with Gasteiger partial charge in [-0.05, 0) is 0 Å². The van der Waals surface area contributed by atoms with Crippen molar-refractivity contribution in [3.05, 3.63) is 0 Å². The Morgan fingerprint density at radius 3 is 2.00 bits per heavy atom. The van der Waals surface area contributed by atoms with Gasteiger partial charge in [0.15, 0.2) is 0 Å². The van der Waals surface area contributed by atoms with E-state index >= 15 is 0 Å². The van der Waals surface area contributed by atoms with Crippen molar-refractivity contribution < 1.29 is 36.9 Å². The van der Waals surface area contributed by atoms with Gasteiger partial charge in [0.2, 0.25) is 0 Å². The zero-order valence-electron chi connectivity index (χ0n) is 14.6. The molecule has 0 bridgehead atoms. The molecule has 0 atom stereocenters. The number of hydrogen-bond donors (Lipinski definition) is 1. The van der Waals surface area contributed by atoms with E-state index in [2.05, 4.69) is 9.78 Å². The van der Waals surface area contributed by atoms with Crippen LogP contribution in [0.1, 0.15) is 6.92 Å². The molecule has 0 unspecified atom stereocenters. The van der Waals surface area contributed by atoms with E-state index in [1.165, 1.54) is 4.90 Å². The van der Waals surface area contributed by atoms with Gasteiger partial charge < -0.3 is 0 Å². The summed E-state index contributed by atoms with van der Waals surface area (Å²) in [5, 5.41) is 8.97. The van der Waals surface area contributed by atoms with Crippen LogP contribution in [0, 0.1) is 0 Å². The molecule has 1 aliphatic rings. The zero-order valence-corrected chi connectivity index (χ0v) is 17.9. The molecule has 1 heterocycles. The number of carboxylic acid groups (broad SMARTS) is 1. The van der Waals surface area contributed by atoms with E-state index < -0.39 is 17.9 Å². The van der Waals surface area contributed by atoms with Crippen LogP contribution in [-0.2, 0) is 31.8 Å². The third kappa shape index (κ3) is 9.36. The van der Waals surface area contributed by atoms with Crippen molar-refractivity contribution in [1.82, 2.24) is 14.7 Å². The Morgan fingerprint density at radius 1 is 1.00 bits per heavy atom. The Hall–Kier alpha value is -1.37. The van der Waals surface area contributed by atoms with Crippen molar-refractivity contribution in [2.75, 3.05) is 58.9 Å². The summed E-state index contributed by atoms with van der Waals surface area (Å²) < 4.78 is 4.80. The zero-order chi connectivity index (χ0) is 19.5. The van der Waals surface area contributed by atoms with E-state index in [0.717, 1.165) is 0 Å². The van der Waals surface area contributed by atoms with Crippen LogP contribution in [-0.4, -0.2) is 127 Å². The third-order valence-corrected chi connectivity index (χ3v) is 4.44. The number of nitrogens with zero attached hydrogens (tertiary/aromatic N) is 3. The molecule has 1 fully saturated rings. The Bertz CT molecular complexity index is 518. The van der Waals surface area contributed by atoms with Crippen molar-refractivity contribution in [2.24, 2.45) is 0 Å². The summed E-state index contributed by atoms with van der Waals surface area (Å²) in [6.45, 7) is 3.18. The first kappa shape index (κ1) is 22.7. The van der Waals surface area contributed by atoms with Crippen LogP contribution in [0.2, 0.25) is 0 Å². The van der Waals surface area contributed by atoms with Crippen molar-refractivity contribution in [3.8, 4) is 0 Å². The molecule has 26 heavy (non-hydrogen) atoms. The first-order valence-electron chi connectivity index (χ1n) is 8.02. The molecule has 1 aliphatic heterocycles. The van der Waals surface area contributed by atoms with Crippen LogP contribution in [0.3, 0.4) is 0 Å². The van der Waals surface area contributed by atoms with Gasteiger partial charge in [-0.1, -0.05) is 0 Å². The Labute approximate surface area is 166 Å². The maximum absolute atomic E-state index is 11.7. The fourth-order valence-corrected chi connectivity index (χ4v) is 2.53. The molecule has 0 saturated carbocycles. The molecule has 12 heteroatoms. The second kappa shape index (κ2) is 12.1. The van der Waals surface area contributed by atoms with E-state index in [0.29, 0.717) is 51.0 Å². The van der Waals surface area contributed by atoms with E-state index in [9.17, 15) is 19.2 Å². The van der Waals surface area contributed by atoms with E-state index in [4.69, 9.17) is 7.96 Å². The van der Waals surface area contributed by atoms with Crippen molar-refractivity contribution in [2.45, 2.75) is 6.92 Å². The second-order valence-corrected chi connectivity index (χ2v) is 6.32. The van der Waals surface area contributed by atoms with Crippen molar-refractivity contribution >= 4 is 48.7 Å². The quantitative estimate of drug-likeness (QED) is 0.430. The van der Waals surface area contributed by atoms with Gasteiger partial charge in [-0.2, -0.15) is 0 Å². The number of hydrogen-bond acceptors (Lipinski definition) is 10. The average molecular weight is 475 g/mol. The minimum atomic E-state index is -1.11. The van der Waals surface area contributed by atoms with Gasteiger partial charge in [0.1, 0.15) is 0 Å². The molecule has 2 radical (unpaired) electrons. The molecule has 0 aromatic carbocycles. The molecular formula is C14H22InN3O8. The molecule has 1 rings (SSSR count). The maximum atomic E-state index is 11.7. The monoisotopic (exact) mass is 475 g/mol. The number of carbonyl (C=O) groups excluding carboxylic acids is 3. The van der Waals surface area contributed by atoms with Gasteiger partial charge in [0, 0.05) is 0 Å². The number of likely N-dealkylation sites (N-methyl/N-ethyl adjacent to an activating group) is 1. The average Bonchev–Trinajstić information content (AvgIpc) is 2.60. The predicted molar refractivity (Wildman–Crippen MR) is 86.7 cm³/mol. The summed E-state index contributed by atoms with van der Waals surface area (Å²) in [5.41, 5.74) is 0. The molecular weight excluding hydrogens is 453 g/mol. The van der Waals surface area contributed by atoms with Gasteiger partial charge in [-0.25, -0.2) is 0 Å². The molecule has 0 aromatic heterocycles. The summed E-state index contributed by atoms with van der Waals surface area (Å²) in [6.07, 6.45) is 0. The van der Waals surface area contributed by atoms with Gasteiger partial charge >= 0.3 is 166 Å². The summed E-state index contributed by atoms with van der Waals surface area (Å²) >= 11 is 0.350. The molecule has 1 N–H and O–H groups in total. The van der Waals surface area contributed by atoms with Crippen LogP contribution in [0.5, 0.6) is 0 Å². The fourth-order valence-electron chi connectivity index (χ4n) is 2.32. The first-order valence-corrected chi connectivity index (χ1v) is 9.37. The number of carbonyl (C=O) groups is 4. The fraction of sp³-hybridized carbons (Fsp3) is 0.714. The van der Waals surface area contributed by atoms with Gasteiger partial charge in [0.05, 0.1) is 0 Å². The normalized spacial score (nSPS) is 19.4. The number of carboxylic acids is 1. The van der Waals surface area contributed by atoms with Crippen molar-refractivity contribution in [3.63, 3.8) is 0 Å².